The van der Waals surface area contributed by atoms with Crippen LogP contribution in [0.3, 0.4) is 0 Å². The van der Waals surface area contributed by atoms with Crippen LogP contribution in [0.25, 0.3) is 0 Å². The average molecular weight is 194 g/mol. The Kier molecular flexibility index (Phi) is 4.03. The normalized spacial score (nSPS) is 13.8. The van der Waals surface area contributed by atoms with Gasteiger partial charge in [-0.1, -0.05) is 6.08 Å². The second kappa shape index (κ2) is 4.02. The van der Waals surface area contributed by atoms with Crippen molar-refractivity contribution in [3.05, 3.63) is 12.7 Å². The minimum atomic E-state index is -2.34. The Balaban J connectivity index is 4.11. The molecule has 0 saturated carbocycles. The van der Waals surface area contributed by atoms with E-state index in [0.29, 0.717) is 6.04 Å². The Morgan fingerprint density at radius 1 is 1.80 bits per heavy atom. The quantitative estimate of drug-likeness (QED) is 0.385. The van der Waals surface area contributed by atoms with Gasteiger partial charge >= 0.3 is 0 Å². The highest BCUT2D eigenvalue weighted by molar-refractivity contribution is 7.46. The standard InChI is InChI=1S/C6H9Cl2NSi/c1-3-4-10(7,8)6(2)5-9/h3,6H,1,4H2,2H3. The molecule has 0 aliphatic heterocycles. The molecule has 0 fully saturated rings. The van der Waals surface area contributed by atoms with Crippen molar-refractivity contribution in [2.45, 2.75) is 18.5 Å². The van der Waals surface area contributed by atoms with Gasteiger partial charge in [0, 0.05) is 0 Å². The Morgan fingerprint density at radius 3 is 2.60 bits per heavy atom. The number of hydrogen-bond donors (Lipinski definition) is 0. The van der Waals surface area contributed by atoms with Crippen LogP contribution < -0.4 is 0 Å². The average Bonchev–Trinajstić information content (AvgIpc) is 1.86. The lowest BCUT2D eigenvalue weighted by Gasteiger charge is -2.15. The van der Waals surface area contributed by atoms with Crippen LogP contribution in [0.2, 0.25) is 11.6 Å². The van der Waals surface area contributed by atoms with Gasteiger partial charge in [0.2, 0.25) is 0 Å². The Morgan fingerprint density at radius 2 is 2.30 bits per heavy atom. The van der Waals surface area contributed by atoms with Crippen molar-refractivity contribution in [1.82, 2.24) is 0 Å². The zero-order chi connectivity index (χ0) is 8.20. The molecule has 0 aromatic heterocycles. The Bertz CT molecular complexity index is 162. The molecular formula is C6H9Cl2NSi. The van der Waals surface area contributed by atoms with E-state index in [9.17, 15) is 0 Å². The third-order valence-corrected chi connectivity index (χ3v) is 6.36. The van der Waals surface area contributed by atoms with Crippen LogP contribution in [-0.4, -0.2) is 6.69 Å². The predicted octanol–water partition coefficient (Wildman–Crippen LogP) is 3.01. The van der Waals surface area contributed by atoms with Gasteiger partial charge in [-0.3, -0.25) is 0 Å². The van der Waals surface area contributed by atoms with Gasteiger partial charge in [0.05, 0.1) is 11.6 Å². The van der Waals surface area contributed by atoms with Gasteiger partial charge in [-0.15, -0.1) is 28.7 Å². The summed E-state index contributed by atoms with van der Waals surface area (Å²) in [5, 5.41) is 8.48. The highest BCUT2D eigenvalue weighted by atomic mass is 35.7. The van der Waals surface area contributed by atoms with Gasteiger partial charge in [-0.05, 0) is 13.0 Å². The highest BCUT2D eigenvalue weighted by Crippen LogP contribution is 2.32. The number of halogens is 2. The topological polar surface area (TPSA) is 23.8 Å². The predicted molar refractivity (Wildman–Crippen MR) is 47.5 cm³/mol. The molecule has 1 atom stereocenters. The third-order valence-electron chi connectivity index (χ3n) is 1.24. The maximum atomic E-state index is 8.48. The monoisotopic (exact) mass is 193 g/mol. The molecular weight excluding hydrogens is 185 g/mol. The number of hydrogen-bond acceptors (Lipinski definition) is 1. The van der Waals surface area contributed by atoms with E-state index in [1.807, 2.05) is 6.07 Å². The highest BCUT2D eigenvalue weighted by Gasteiger charge is 2.34. The van der Waals surface area contributed by atoms with E-state index in [4.69, 9.17) is 27.4 Å². The summed E-state index contributed by atoms with van der Waals surface area (Å²) in [6.07, 6.45) is 1.67. The fraction of sp³-hybridized carbons (Fsp3) is 0.500. The van der Waals surface area contributed by atoms with Gasteiger partial charge in [-0.2, -0.15) is 5.26 Å². The third kappa shape index (κ3) is 2.74. The van der Waals surface area contributed by atoms with Crippen molar-refractivity contribution in [2.75, 3.05) is 0 Å². The summed E-state index contributed by atoms with van der Waals surface area (Å²) in [6.45, 7) is 2.92. The van der Waals surface area contributed by atoms with E-state index >= 15 is 0 Å². The molecule has 0 saturated heterocycles. The molecule has 0 aromatic rings. The molecule has 0 aromatic carbocycles. The molecule has 0 amide bonds. The molecule has 10 heavy (non-hydrogen) atoms. The van der Waals surface area contributed by atoms with Crippen molar-refractivity contribution in [1.29, 1.82) is 5.26 Å². The SMILES string of the molecule is C=CC[Si](Cl)(Cl)C(C)C#N. The summed E-state index contributed by atoms with van der Waals surface area (Å²) >= 11 is 11.8. The van der Waals surface area contributed by atoms with Crippen molar-refractivity contribution in [2.24, 2.45) is 0 Å². The van der Waals surface area contributed by atoms with Crippen molar-refractivity contribution < 1.29 is 0 Å². The molecule has 0 bridgehead atoms. The van der Waals surface area contributed by atoms with Crippen molar-refractivity contribution in [3.8, 4) is 6.07 Å². The number of nitriles is 1. The summed E-state index contributed by atoms with van der Waals surface area (Å²) in [7, 11) is 0. The minimum absolute atomic E-state index is 0.228. The second-order valence-corrected chi connectivity index (χ2v) is 9.53. The van der Waals surface area contributed by atoms with Crippen molar-refractivity contribution >= 4 is 28.9 Å². The molecule has 0 N–H and O–H groups in total. The van der Waals surface area contributed by atoms with Gasteiger partial charge in [0.25, 0.3) is 6.69 Å². The zero-order valence-corrected chi connectivity index (χ0v) is 8.28. The van der Waals surface area contributed by atoms with E-state index in [-0.39, 0.29) is 5.54 Å². The molecule has 4 heteroatoms. The lowest BCUT2D eigenvalue weighted by molar-refractivity contribution is 1.17. The molecule has 56 valence electrons. The summed E-state index contributed by atoms with van der Waals surface area (Å²) in [5.41, 5.74) is -0.228. The van der Waals surface area contributed by atoms with Crippen molar-refractivity contribution in [3.63, 3.8) is 0 Å². The first-order chi connectivity index (χ1) is 4.54. The van der Waals surface area contributed by atoms with Gasteiger partial charge < -0.3 is 0 Å². The van der Waals surface area contributed by atoms with E-state index in [0.717, 1.165) is 0 Å². The number of rotatable bonds is 3. The summed E-state index contributed by atoms with van der Waals surface area (Å²) < 4.78 is 0. The van der Waals surface area contributed by atoms with Crippen LogP contribution in [0.4, 0.5) is 0 Å². The molecule has 0 spiro atoms. The number of allylic oxidation sites excluding steroid dienone is 1. The zero-order valence-electron chi connectivity index (χ0n) is 5.77. The van der Waals surface area contributed by atoms with Crippen LogP contribution in [0.1, 0.15) is 6.92 Å². The van der Waals surface area contributed by atoms with Crippen LogP contribution >= 0.6 is 22.2 Å². The Labute approximate surface area is 71.7 Å². The molecule has 1 unspecified atom stereocenters. The molecule has 0 radical (unpaired) electrons. The minimum Gasteiger partial charge on any atom is -0.198 e. The van der Waals surface area contributed by atoms with E-state index in [1.54, 1.807) is 13.0 Å². The fourth-order valence-electron chi connectivity index (χ4n) is 0.464. The fourth-order valence-corrected chi connectivity index (χ4v) is 2.34. The summed E-state index contributed by atoms with van der Waals surface area (Å²) in [4.78, 5) is 0. The molecule has 0 aliphatic rings. The Hall–Kier alpha value is 0.0269. The first-order valence-corrected chi connectivity index (χ1v) is 7.23. The lowest BCUT2D eigenvalue weighted by atomic mass is 10.5. The molecule has 1 nitrogen and oxygen atoms in total. The lowest BCUT2D eigenvalue weighted by Crippen LogP contribution is -2.22. The van der Waals surface area contributed by atoms with Gasteiger partial charge in [-0.25, -0.2) is 0 Å². The van der Waals surface area contributed by atoms with E-state index in [2.05, 4.69) is 6.58 Å². The molecule has 0 heterocycles. The van der Waals surface area contributed by atoms with E-state index in [1.165, 1.54) is 0 Å². The smallest absolute Gasteiger partial charge is 0.198 e. The van der Waals surface area contributed by atoms with Crippen LogP contribution in [0.15, 0.2) is 12.7 Å². The first kappa shape index (κ1) is 10.0. The van der Waals surface area contributed by atoms with Crippen LogP contribution in [-0.2, 0) is 0 Å². The maximum Gasteiger partial charge on any atom is 0.271 e. The van der Waals surface area contributed by atoms with Crippen LogP contribution in [0.5, 0.6) is 0 Å². The van der Waals surface area contributed by atoms with Crippen LogP contribution in [0, 0.1) is 11.3 Å². The molecule has 0 rings (SSSR count). The van der Waals surface area contributed by atoms with Gasteiger partial charge in [0.1, 0.15) is 0 Å². The van der Waals surface area contributed by atoms with Gasteiger partial charge in [0.15, 0.2) is 0 Å². The first-order valence-electron chi connectivity index (χ1n) is 2.93. The summed E-state index contributed by atoms with van der Waals surface area (Å²) in [6, 6.07) is 2.61. The second-order valence-electron chi connectivity index (χ2n) is 2.10. The van der Waals surface area contributed by atoms with E-state index < -0.39 is 6.69 Å². The summed E-state index contributed by atoms with van der Waals surface area (Å²) in [5.74, 6) is 0. The molecule has 0 aliphatic carbocycles. The largest absolute Gasteiger partial charge is 0.271 e. The maximum absolute atomic E-state index is 8.48. The number of nitrogens with zero attached hydrogens (tertiary/aromatic N) is 1.